The molecule has 0 amide bonds. The van der Waals surface area contributed by atoms with Crippen LogP contribution in [-0.2, 0) is 4.79 Å². The van der Waals surface area contributed by atoms with Crippen molar-refractivity contribution in [1.29, 1.82) is 0 Å². The number of rotatable bonds is 3. The molecule has 10 heavy (non-hydrogen) atoms. The minimum Gasteiger partial charge on any atom is -0.480 e. The number of carboxylic acids is 1. The summed E-state index contributed by atoms with van der Waals surface area (Å²) >= 11 is 0. The lowest BCUT2D eigenvalue weighted by Gasteiger charge is -2.23. The Morgan fingerprint density at radius 1 is 1.70 bits per heavy atom. The Hall–Kier alpha value is -0.570. The van der Waals surface area contributed by atoms with E-state index in [2.05, 4.69) is 5.32 Å². The maximum atomic E-state index is 10.7. The summed E-state index contributed by atoms with van der Waals surface area (Å²) in [5, 5.41) is 11.6. The van der Waals surface area contributed by atoms with E-state index in [0.717, 1.165) is 12.8 Å². The summed E-state index contributed by atoms with van der Waals surface area (Å²) in [5.41, 5.74) is -0.681. The summed E-state index contributed by atoms with van der Waals surface area (Å²) in [6.07, 6.45) is 2.09. The van der Waals surface area contributed by atoms with Gasteiger partial charge in [0.15, 0.2) is 0 Å². The van der Waals surface area contributed by atoms with Crippen LogP contribution in [-0.4, -0.2) is 23.7 Å². The summed E-state index contributed by atoms with van der Waals surface area (Å²) in [7, 11) is 1.70. The molecular weight excluding hydrogens is 130 g/mol. The van der Waals surface area contributed by atoms with Gasteiger partial charge in [0, 0.05) is 0 Å². The molecule has 1 aliphatic rings. The monoisotopic (exact) mass is 143 g/mol. The second-order valence-corrected chi connectivity index (χ2v) is 3.03. The molecule has 1 rings (SSSR count). The maximum Gasteiger partial charge on any atom is 0.323 e. The first-order chi connectivity index (χ1) is 4.61. The fourth-order valence-corrected chi connectivity index (χ4v) is 1.15. The molecule has 1 atom stereocenters. The molecule has 0 aromatic heterocycles. The van der Waals surface area contributed by atoms with Crippen molar-refractivity contribution >= 4 is 5.97 Å². The number of hydrogen-bond donors (Lipinski definition) is 2. The minimum atomic E-state index is -0.738. The smallest absolute Gasteiger partial charge is 0.323 e. The standard InChI is InChI=1S/C7H13NO2/c1-7(8-2,6(9)10)5-3-4-5/h5,8H,3-4H2,1-2H3,(H,9,10). The lowest BCUT2D eigenvalue weighted by molar-refractivity contribution is -0.144. The summed E-state index contributed by atoms with van der Waals surface area (Å²) in [6.45, 7) is 1.74. The van der Waals surface area contributed by atoms with Gasteiger partial charge >= 0.3 is 5.97 Å². The van der Waals surface area contributed by atoms with Gasteiger partial charge in [-0.15, -0.1) is 0 Å². The van der Waals surface area contributed by atoms with Crippen LogP contribution in [0.3, 0.4) is 0 Å². The van der Waals surface area contributed by atoms with Crippen LogP contribution in [0.4, 0.5) is 0 Å². The van der Waals surface area contributed by atoms with Crippen LogP contribution >= 0.6 is 0 Å². The lowest BCUT2D eigenvalue weighted by Crippen LogP contribution is -2.49. The van der Waals surface area contributed by atoms with E-state index in [-0.39, 0.29) is 0 Å². The number of carbonyl (C=O) groups is 1. The Morgan fingerprint density at radius 2 is 2.20 bits per heavy atom. The predicted octanol–water partition coefficient (Wildman–Crippen LogP) is 0.459. The molecule has 1 aliphatic carbocycles. The zero-order valence-corrected chi connectivity index (χ0v) is 6.35. The molecule has 0 spiro atoms. The van der Waals surface area contributed by atoms with E-state index < -0.39 is 11.5 Å². The Kier molecular flexibility index (Phi) is 1.68. The average molecular weight is 143 g/mol. The predicted molar refractivity (Wildman–Crippen MR) is 37.8 cm³/mol. The zero-order chi connectivity index (χ0) is 7.78. The van der Waals surface area contributed by atoms with Gasteiger partial charge in [-0.05, 0) is 32.7 Å². The number of carboxylic acid groups (broad SMARTS) is 1. The van der Waals surface area contributed by atoms with Crippen LogP contribution in [0.15, 0.2) is 0 Å². The number of hydrogen-bond acceptors (Lipinski definition) is 2. The molecule has 0 aliphatic heterocycles. The van der Waals surface area contributed by atoms with Crippen LogP contribution in [0.5, 0.6) is 0 Å². The Labute approximate surface area is 60.4 Å². The largest absolute Gasteiger partial charge is 0.480 e. The molecule has 1 fully saturated rings. The Bertz CT molecular complexity index is 154. The topological polar surface area (TPSA) is 49.3 Å². The summed E-state index contributed by atoms with van der Waals surface area (Å²) in [4.78, 5) is 10.7. The highest BCUT2D eigenvalue weighted by Gasteiger charge is 2.46. The van der Waals surface area contributed by atoms with Crippen LogP contribution in [0.1, 0.15) is 19.8 Å². The van der Waals surface area contributed by atoms with E-state index in [1.807, 2.05) is 0 Å². The van der Waals surface area contributed by atoms with Gasteiger partial charge in [0.05, 0.1) is 0 Å². The molecule has 0 aromatic rings. The fraction of sp³-hybridized carbons (Fsp3) is 0.857. The highest BCUT2D eigenvalue weighted by molar-refractivity contribution is 5.79. The number of aliphatic carboxylic acids is 1. The number of likely N-dealkylation sites (N-methyl/N-ethyl adjacent to an activating group) is 1. The summed E-state index contributed by atoms with van der Waals surface area (Å²) < 4.78 is 0. The van der Waals surface area contributed by atoms with E-state index in [1.54, 1.807) is 14.0 Å². The maximum absolute atomic E-state index is 10.7. The molecular formula is C7H13NO2. The van der Waals surface area contributed by atoms with Crippen molar-refractivity contribution in [3.63, 3.8) is 0 Å². The van der Waals surface area contributed by atoms with Crippen molar-refractivity contribution in [2.45, 2.75) is 25.3 Å². The second-order valence-electron chi connectivity index (χ2n) is 3.03. The van der Waals surface area contributed by atoms with Gasteiger partial charge in [0.2, 0.25) is 0 Å². The second kappa shape index (κ2) is 2.23. The van der Waals surface area contributed by atoms with Crippen molar-refractivity contribution in [3.05, 3.63) is 0 Å². The van der Waals surface area contributed by atoms with Crippen molar-refractivity contribution in [2.75, 3.05) is 7.05 Å². The molecule has 3 nitrogen and oxygen atoms in total. The molecule has 2 N–H and O–H groups in total. The quantitative estimate of drug-likeness (QED) is 0.603. The lowest BCUT2D eigenvalue weighted by atomic mass is 9.97. The molecule has 0 heterocycles. The molecule has 0 radical (unpaired) electrons. The van der Waals surface area contributed by atoms with Crippen LogP contribution in [0.2, 0.25) is 0 Å². The first kappa shape index (κ1) is 7.54. The van der Waals surface area contributed by atoms with Gasteiger partial charge in [0.25, 0.3) is 0 Å². The van der Waals surface area contributed by atoms with E-state index in [0.29, 0.717) is 5.92 Å². The van der Waals surface area contributed by atoms with Crippen LogP contribution in [0, 0.1) is 5.92 Å². The highest BCUT2D eigenvalue weighted by atomic mass is 16.4. The van der Waals surface area contributed by atoms with Gasteiger partial charge in [-0.1, -0.05) is 0 Å². The van der Waals surface area contributed by atoms with Crippen molar-refractivity contribution in [1.82, 2.24) is 5.32 Å². The van der Waals surface area contributed by atoms with Gasteiger partial charge < -0.3 is 10.4 Å². The van der Waals surface area contributed by atoms with Crippen molar-refractivity contribution in [3.8, 4) is 0 Å². The minimum absolute atomic E-state index is 0.343. The molecule has 58 valence electrons. The molecule has 1 saturated carbocycles. The van der Waals surface area contributed by atoms with Crippen LogP contribution < -0.4 is 5.32 Å². The molecule has 3 heteroatoms. The summed E-state index contributed by atoms with van der Waals surface area (Å²) in [5.74, 6) is -0.396. The van der Waals surface area contributed by atoms with Gasteiger partial charge in [-0.3, -0.25) is 4.79 Å². The molecule has 0 saturated heterocycles. The normalized spacial score (nSPS) is 23.8. The Balaban J connectivity index is 2.65. The van der Waals surface area contributed by atoms with Crippen molar-refractivity contribution < 1.29 is 9.90 Å². The molecule has 0 bridgehead atoms. The SMILES string of the molecule is CNC(C)(C(=O)O)C1CC1. The first-order valence-corrected chi connectivity index (χ1v) is 3.53. The molecule has 1 unspecified atom stereocenters. The Morgan fingerprint density at radius 3 is 2.30 bits per heavy atom. The van der Waals surface area contributed by atoms with Crippen molar-refractivity contribution in [2.24, 2.45) is 5.92 Å². The average Bonchev–Trinajstić information content (AvgIpc) is 2.67. The fourth-order valence-electron chi connectivity index (χ4n) is 1.15. The van der Waals surface area contributed by atoms with E-state index in [1.165, 1.54) is 0 Å². The number of nitrogens with one attached hydrogen (secondary N) is 1. The van der Waals surface area contributed by atoms with E-state index in [4.69, 9.17) is 5.11 Å². The van der Waals surface area contributed by atoms with Gasteiger partial charge in [-0.2, -0.15) is 0 Å². The first-order valence-electron chi connectivity index (χ1n) is 3.53. The van der Waals surface area contributed by atoms with Gasteiger partial charge in [-0.25, -0.2) is 0 Å². The van der Waals surface area contributed by atoms with Crippen LogP contribution in [0.25, 0.3) is 0 Å². The third kappa shape index (κ3) is 1.01. The zero-order valence-electron chi connectivity index (χ0n) is 6.35. The summed E-state index contributed by atoms with van der Waals surface area (Å²) in [6, 6.07) is 0. The molecule has 0 aromatic carbocycles. The third-order valence-corrected chi connectivity index (χ3v) is 2.36. The van der Waals surface area contributed by atoms with E-state index in [9.17, 15) is 4.79 Å². The third-order valence-electron chi connectivity index (χ3n) is 2.36. The van der Waals surface area contributed by atoms with E-state index >= 15 is 0 Å². The highest BCUT2D eigenvalue weighted by Crippen LogP contribution is 2.39. The van der Waals surface area contributed by atoms with Gasteiger partial charge in [0.1, 0.15) is 5.54 Å².